The molecule has 0 aliphatic carbocycles. The fourth-order valence-corrected chi connectivity index (χ4v) is 2.61. The van der Waals surface area contributed by atoms with Gasteiger partial charge in [0.15, 0.2) is 0 Å². The summed E-state index contributed by atoms with van der Waals surface area (Å²) in [4.78, 5) is 0. The SMILES string of the molecule is CCOP(OCC)OCCOP(OCC)OCC. The molecule has 0 saturated carbocycles. The van der Waals surface area contributed by atoms with E-state index in [0.29, 0.717) is 39.6 Å². The lowest BCUT2D eigenvalue weighted by molar-refractivity contribution is 0.124. The Kier molecular flexibility index (Phi) is 14.5. The molecule has 0 aliphatic rings. The molecule has 110 valence electrons. The molecule has 0 atom stereocenters. The lowest BCUT2D eigenvalue weighted by atomic mass is 10.8. The maximum Gasteiger partial charge on any atom is 0.332 e. The van der Waals surface area contributed by atoms with Gasteiger partial charge in [0.2, 0.25) is 0 Å². The molecule has 0 amide bonds. The molecule has 0 aromatic rings. The molecule has 6 nitrogen and oxygen atoms in total. The Morgan fingerprint density at radius 2 is 0.778 bits per heavy atom. The van der Waals surface area contributed by atoms with Gasteiger partial charge >= 0.3 is 17.2 Å². The Labute approximate surface area is 112 Å². The number of hydrogen-bond donors (Lipinski definition) is 0. The topological polar surface area (TPSA) is 55.4 Å². The summed E-state index contributed by atoms with van der Waals surface area (Å²) in [5.74, 6) is 0. The first-order valence-electron chi connectivity index (χ1n) is 6.16. The zero-order valence-corrected chi connectivity index (χ0v) is 13.4. The Morgan fingerprint density at radius 3 is 1.00 bits per heavy atom. The average molecular weight is 302 g/mol. The van der Waals surface area contributed by atoms with E-state index in [4.69, 9.17) is 27.1 Å². The smallest absolute Gasteiger partial charge is 0.313 e. The van der Waals surface area contributed by atoms with E-state index in [2.05, 4.69) is 0 Å². The molecule has 0 saturated heterocycles. The van der Waals surface area contributed by atoms with Gasteiger partial charge < -0.3 is 27.1 Å². The molecule has 18 heavy (non-hydrogen) atoms. The zero-order chi connectivity index (χ0) is 13.6. The van der Waals surface area contributed by atoms with Gasteiger partial charge in [-0.25, -0.2) is 0 Å². The standard InChI is InChI=1S/C10H24O6P2/c1-5-11-17(12-6-2)15-9-10-16-18(13-7-3)14-8-4/h5-10H2,1-4H3. The second kappa shape index (κ2) is 14.0. The van der Waals surface area contributed by atoms with E-state index in [9.17, 15) is 0 Å². The van der Waals surface area contributed by atoms with Crippen molar-refractivity contribution in [2.45, 2.75) is 27.7 Å². The second-order valence-corrected chi connectivity index (χ2v) is 5.23. The number of hydrogen-bond acceptors (Lipinski definition) is 6. The normalized spacial score (nSPS) is 11.7. The third-order valence-corrected chi connectivity index (χ3v) is 4.08. The lowest BCUT2D eigenvalue weighted by Crippen LogP contribution is -2.04. The highest BCUT2D eigenvalue weighted by atomic mass is 31.2. The van der Waals surface area contributed by atoms with Crippen molar-refractivity contribution in [1.82, 2.24) is 0 Å². The minimum atomic E-state index is -1.26. The molecule has 0 radical (unpaired) electrons. The van der Waals surface area contributed by atoms with Gasteiger partial charge in [-0.05, 0) is 27.7 Å². The summed E-state index contributed by atoms with van der Waals surface area (Å²) in [6, 6.07) is 0. The van der Waals surface area contributed by atoms with E-state index < -0.39 is 17.2 Å². The molecule has 0 N–H and O–H groups in total. The minimum Gasteiger partial charge on any atom is -0.313 e. The summed E-state index contributed by atoms with van der Waals surface area (Å²) in [5.41, 5.74) is 0. The van der Waals surface area contributed by atoms with Crippen LogP contribution in [0.2, 0.25) is 0 Å². The molecule has 0 spiro atoms. The summed E-state index contributed by atoms with van der Waals surface area (Å²) in [6.45, 7) is 10.7. The van der Waals surface area contributed by atoms with Crippen molar-refractivity contribution in [2.24, 2.45) is 0 Å². The van der Waals surface area contributed by atoms with Gasteiger partial charge in [0.25, 0.3) is 0 Å². The summed E-state index contributed by atoms with van der Waals surface area (Å²) >= 11 is 0. The first-order valence-corrected chi connectivity index (χ1v) is 8.35. The third kappa shape index (κ3) is 10.5. The maximum atomic E-state index is 5.42. The Balaban J connectivity index is 3.66. The largest absolute Gasteiger partial charge is 0.332 e. The summed E-state index contributed by atoms with van der Waals surface area (Å²) in [6.07, 6.45) is 0. The van der Waals surface area contributed by atoms with E-state index in [1.165, 1.54) is 0 Å². The quantitative estimate of drug-likeness (QED) is 0.382. The maximum absolute atomic E-state index is 5.42. The Bertz CT molecular complexity index is 144. The van der Waals surface area contributed by atoms with Crippen molar-refractivity contribution in [3.05, 3.63) is 0 Å². The second-order valence-electron chi connectivity index (χ2n) is 2.78. The van der Waals surface area contributed by atoms with E-state index in [-0.39, 0.29) is 0 Å². The number of rotatable bonds is 13. The van der Waals surface area contributed by atoms with Crippen LogP contribution in [0.5, 0.6) is 0 Å². The first-order chi connectivity index (χ1) is 8.78. The predicted octanol–water partition coefficient (Wildman–Crippen LogP) is 3.62. The van der Waals surface area contributed by atoms with Gasteiger partial charge in [-0.2, -0.15) is 0 Å². The highest BCUT2D eigenvalue weighted by Gasteiger charge is 2.13. The molecule has 0 bridgehead atoms. The van der Waals surface area contributed by atoms with Gasteiger partial charge in [-0.15, -0.1) is 0 Å². The fourth-order valence-electron chi connectivity index (χ4n) is 0.869. The predicted molar refractivity (Wildman–Crippen MR) is 72.2 cm³/mol. The average Bonchev–Trinajstić information content (AvgIpc) is 2.35. The van der Waals surface area contributed by atoms with Crippen molar-refractivity contribution in [3.63, 3.8) is 0 Å². The molecule has 0 aromatic carbocycles. The van der Waals surface area contributed by atoms with Crippen LogP contribution in [0.4, 0.5) is 0 Å². The van der Waals surface area contributed by atoms with Crippen molar-refractivity contribution in [3.8, 4) is 0 Å². The van der Waals surface area contributed by atoms with Crippen molar-refractivity contribution >= 4 is 17.2 Å². The molecular weight excluding hydrogens is 278 g/mol. The Hall–Kier alpha value is 0.620. The van der Waals surface area contributed by atoms with Gasteiger partial charge in [0.1, 0.15) is 0 Å². The Morgan fingerprint density at radius 1 is 0.500 bits per heavy atom. The van der Waals surface area contributed by atoms with Gasteiger partial charge in [-0.3, -0.25) is 0 Å². The van der Waals surface area contributed by atoms with Gasteiger partial charge in [-0.1, -0.05) is 0 Å². The van der Waals surface area contributed by atoms with Crippen LogP contribution in [0, 0.1) is 0 Å². The molecule has 0 heterocycles. The lowest BCUT2D eigenvalue weighted by Gasteiger charge is -2.17. The van der Waals surface area contributed by atoms with Crippen LogP contribution in [-0.2, 0) is 27.1 Å². The molecule has 0 aliphatic heterocycles. The van der Waals surface area contributed by atoms with Crippen LogP contribution in [-0.4, -0.2) is 39.6 Å². The molecular formula is C10H24O6P2. The zero-order valence-electron chi connectivity index (χ0n) is 11.6. The van der Waals surface area contributed by atoms with Crippen LogP contribution in [0.3, 0.4) is 0 Å². The van der Waals surface area contributed by atoms with Gasteiger partial charge in [0.05, 0.1) is 39.6 Å². The van der Waals surface area contributed by atoms with Crippen molar-refractivity contribution in [1.29, 1.82) is 0 Å². The monoisotopic (exact) mass is 302 g/mol. The van der Waals surface area contributed by atoms with Gasteiger partial charge in [0, 0.05) is 0 Å². The van der Waals surface area contributed by atoms with Crippen LogP contribution < -0.4 is 0 Å². The first kappa shape index (κ1) is 18.6. The molecule has 0 rings (SSSR count). The van der Waals surface area contributed by atoms with Crippen molar-refractivity contribution < 1.29 is 27.1 Å². The van der Waals surface area contributed by atoms with E-state index in [1.54, 1.807) is 0 Å². The van der Waals surface area contributed by atoms with Crippen LogP contribution in [0.25, 0.3) is 0 Å². The summed E-state index contributed by atoms with van der Waals surface area (Å²) in [5, 5.41) is 0. The van der Waals surface area contributed by atoms with E-state index in [0.717, 1.165) is 0 Å². The molecule has 8 heteroatoms. The van der Waals surface area contributed by atoms with Crippen LogP contribution >= 0.6 is 17.2 Å². The van der Waals surface area contributed by atoms with E-state index >= 15 is 0 Å². The molecule has 0 unspecified atom stereocenters. The third-order valence-electron chi connectivity index (χ3n) is 1.41. The summed E-state index contributed by atoms with van der Waals surface area (Å²) in [7, 11) is -2.52. The van der Waals surface area contributed by atoms with Crippen LogP contribution in [0.15, 0.2) is 0 Å². The van der Waals surface area contributed by atoms with E-state index in [1.807, 2.05) is 27.7 Å². The molecule has 0 aromatic heterocycles. The molecule has 0 fully saturated rings. The summed E-state index contributed by atoms with van der Waals surface area (Å²) < 4.78 is 32.0. The van der Waals surface area contributed by atoms with Crippen LogP contribution in [0.1, 0.15) is 27.7 Å². The van der Waals surface area contributed by atoms with Crippen molar-refractivity contribution in [2.75, 3.05) is 39.6 Å². The highest BCUT2D eigenvalue weighted by Crippen LogP contribution is 2.41. The highest BCUT2D eigenvalue weighted by molar-refractivity contribution is 7.42. The minimum absolute atomic E-state index is 0.394. The fraction of sp³-hybridized carbons (Fsp3) is 1.00.